The van der Waals surface area contributed by atoms with Crippen molar-refractivity contribution >= 4 is 11.7 Å². The van der Waals surface area contributed by atoms with E-state index in [1.807, 2.05) is 4.90 Å². The number of furan rings is 1. The maximum absolute atomic E-state index is 12.7. The number of piperazine rings is 1. The van der Waals surface area contributed by atoms with Gasteiger partial charge in [0, 0.05) is 49.8 Å². The van der Waals surface area contributed by atoms with E-state index in [0.29, 0.717) is 24.8 Å². The molecule has 0 spiro atoms. The van der Waals surface area contributed by atoms with Crippen molar-refractivity contribution in [2.45, 2.75) is 53.4 Å². The molecule has 0 saturated carbocycles. The molecule has 3 aromatic rings. The molecule has 1 amide bonds. The summed E-state index contributed by atoms with van der Waals surface area (Å²) in [4.78, 5) is 26.9. The fourth-order valence-corrected chi connectivity index (χ4v) is 4.33. The highest BCUT2D eigenvalue weighted by atomic mass is 16.3. The molecule has 33 heavy (non-hydrogen) atoms. The normalized spacial score (nSPS) is 15.1. The standard InChI is InChI=1S/C27H34N4O2/c1-6-19(3)25-28-21(5)23(17-22-16-18(2)9-10-20(22)4)26(29-25)30-11-13-31(14-12-30)27(32)24-8-7-15-33-24/h7-10,15-16,19H,6,11-14,17H2,1-5H3. The van der Waals surface area contributed by atoms with Crippen LogP contribution in [0.15, 0.2) is 41.0 Å². The molecule has 1 fully saturated rings. The average molecular weight is 447 g/mol. The summed E-state index contributed by atoms with van der Waals surface area (Å²) in [5.74, 6) is 2.58. The predicted octanol–water partition coefficient (Wildman–Crippen LogP) is 5.06. The lowest BCUT2D eigenvalue weighted by molar-refractivity contribution is 0.0714. The van der Waals surface area contributed by atoms with Gasteiger partial charge >= 0.3 is 0 Å². The molecular weight excluding hydrogens is 412 g/mol. The van der Waals surface area contributed by atoms with Crippen molar-refractivity contribution in [1.29, 1.82) is 0 Å². The number of benzene rings is 1. The van der Waals surface area contributed by atoms with Gasteiger partial charge in [-0.25, -0.2) is 9.97 Å². The minimum Gasteiger partial charge on any atom is -0.459 e. The number of carbonyl (C=O) groups is 1. The van der Waals surface area contributed by atoms with Gasteiger partial charge in [0.15, 0.2) is 5.76 Å². The fraction of sp³-hybridized carbons (Fsp3) is 0.444. The van der Waals surface area contributed by atoms with Crippen LogP contribution in [0.5, 0.6) is 0 Å². The van der Waals surface area contributed by atoms with E-state index in [1.54, 1.807) is 18.4 Å². The molecular formula is C27H34N4O2. The number of hydrogen-bond donors (Lipinski definition) is 0. The fourth-order valence-electron chi connectivity index (χ4n) is 4.33. The van der Waals surface area contributed by atoms with E-state index in [-0.39, 0.29) is 5.91 Å². The molecule has 0 bridgehead atoms. The highest BCUT2D eigenvalue weighted by Crippen LogP contribution is 2.29. The van der Waals surface area contributed by atoms with Gasteiger partial charge in [0.25, 0.3) is 5.91 Å². The van der Waals surface area contributed by atoms with Crippen LogP contribution in [0.4, 0.5) is 5.82 Å². The highest BCUT2D eigenvalue weighted by Gasteiger charge is 2.27. The predicted molar refractivity (Wildman–Crippen MR) is 131 cm³/mol. The summed E-state index contributed by atoms with van der Waals surface area (Å²) in [6.07, 6.45) is 3.35. The second-order valence-electron chi connectivity index (χ2n) is 9.14. The van der Waals surface area contributed by atoms with E-state index in [2.05, 4.69) is 57.7 Å². The molecule has 1 aromatic carbocycles. The second-order valence-corrected chi connectivity index (χ2v) is 9.14. The number of rotatable bonds is 6. The minimum atomic E-state index is -0.0468. The monoisotopic (exact) mass is 446 g/mol. The molecule has 0 N–H and O–H groups in total. The van der Waals surface area contributed by atoms with Gasteiger partial charge in [-0.3, -0.25) is 4.79 Å². The highest BCUT2D eigenvalue weighted by molar-refractivity contribution is 5.91. The quantitative estimate of drug-likeness (QED) is 0.529. The maximum atomic E-state index is 12.7. The van der Waals surface area contributed by atoms with Gasteiger partial charge in [-0.1, -0.05) is 37.6 Å². The number of aryl methyl sites for hydroxylation is 3. The van der Waals surface area contributed by atoms with E-state index < -0.39 is 0 Å². The Hall–Kier alpha value is -3.15. The molecule has 1 atom stereocenters. The van der Waals surface area contributed by atoms with Crippen molar-refractivity contribution in [2.24, 2.45) is 0 Å². The van der Waals surface area contributed by atoms with E-state index in [0.717, 1.165) is 43.3 Å². The summed E-state index contributed by atoms with van der Waals surface area (Å²) in [5, 5.41) is 0. The lowest BCUT2D eigenvalue weighted by Crippen LogP contribution is -2.49. The van der Waals surface area contributed by atoms with E-state index in [9.17, 15) is 4.79 Å². The number of aromatic nitrogens is 2. The Kier molecular flexibility index (Phi) is 6.82. The van der Waals surface area contributed by atoms with Crippen LogP contribution in [0.2, 0.25) is 0 Å². The Morgan fingerprint density at radius 2 is 1.85 bits per heavy atom. The van der Waals surface area contributed by atoms with Crippen LogP contribution in [-0.2, 0) is 6.42 Å². The third kappa shape index (κ3) is 4.95. The topological polar surface area (TPSA) is 62.5 Å². The molecule has 174 valence electrons. The molecule has 1 unspecified atom stereocenters. The Bertz CT molecular complexity index is 1120. The molecule has 0 radical (unpaired) electrons. The van der Waals surface area contributed by atoms with Gasteiger partial charge in [0.2, 0.25) is 0 Å². The summed E-state index contributed by atoms with van der Waals surface area (Å²) in [6.45, 7) is 13.5. The van der Waals surface area contributed by atoms with Gasteiger partial charge < -0.3 is 14.2 Å². The molecule has 6 heteroatoms. The van der Waals surface area contributed by atoms with Crippen LogP contribution >= 0.6 is 0 Å². The van der Waals surface area contributed by atoms with Crippen LogP contribution in [-0.4, -0.2) is 47.0 Å². The van der Waals surface area contributed by atoms with E-state index in [4.69, 9.17) is 14.4 Å². The molecule has 1 aliphatic heterocycles. The molecule has 1 saturated heterocycles. The zero-order valence-electron chi connectivity index (χ0n) is 20.4. The average Bonchev–Trinajstić information content (AvgIpc) is 3.36. The lowest BCUT2D eigenvalue weighted by Gasteiger charge is -2.36. The smallest absolute Gasteiger partial charge is 0.289 e. The van der Waals surface area contributed by atoms with Crippen molar-refractivity contribution in [2.75, 3.05) is 31.1 Å². The van der Waals surface area contributed by atoms with Crippen LogP contribution in [0.25, 0.3) is 0 Å². The Labute approximate surface area is 196 Å². The third-order valence-corrected chi connectivity index (χ3v) is 6.73. The van der Waals surface area contributed by atoms with Crippen molar-refractivity contribution in [3.05, 3.63) is 76.1 Å². The zero-order chi connectivity index (χ0) is 23.5. The van der Waals surface area contributed by atoms with Crippen molar-refractivity contribution in [3.8, 4) is 0 Å². The first-order valence-corrected chi connectivity index (χ1v) is 11.9. The van der Waals surface area contributed by atoms with Crippen molar-refractivity contribution in [3.63, 3.8) is 0 Å². The van der Waals surface area contributed by atoms with E-state index >= 15 is 0 Å². The Balaban J connectivity index is 1.63. The summed E-state index contributed by atoms with van der Waals surface area (Å²) >= 11 is 0. The number of carbonyl (C=O) groups excluding carboxylic acids is 1. The molecule has 0 aliphatic carbocycles. The largest absolute Gasteiger partial charge is 0.459 e. The minimum absolute atomic E-state index is 0.0468. The van der Waals surface area contributed by atoms with Gasteiger partial charge in [-0.2, -0.15) is 0 Å². The zero-order valence-corrected chi connectivity index (χ0v) is 20.4. The van der Waals surface area contributed by atoms with Crippen LogP contribution < -0.4 is 4.90 Å². The van der Waals surface area contributed by atoms with Gasteiger partial charge in [-0.15, -0.1) is 0 Å². The summed E-state index contributed by atoms with van der Waals surface area (Å²) in [6, 6.07) is 10.1. The molecule has 1 aliphatic rings. The van der Waals surface area contributed by atoms with Crippen LogP contribution in [0, 0.1) is 20.8 Å². The van der Waals surface area contributed by atoms with Gasteiger partial charge in [-0.05, 0) is 50.5 Å². The first-order valence-electron chi connectivity index (χ1n) is 11.9. The number of hydrogen-bond acceptors (Lipinski definition) is 5. The summed E-state index contributed by atoms with van der Waals surface area (Å²) in [7, 11) is 0. The van der Waals surface area contributed by atoms with Crippen molar-refractivity contribution in [1.82, 2.24) is 14.9 Å². The van der Waals surface area contributed by atoms with E-state index in [1.165, 1.54) is 22.3 Å². The maximum Gasteiger partial charge on any atom is 0.289 e. The number of anilines is 1. The lowest BCUT2D eigenvalue weighted by atomic mass is 9.97. The second kappa shape index (κ2) is 9.77. The third-order valence-electron chi connectivity index (χ3n) is 6.73. The van der Waals surface area contributed by atoms with Crippen LogP contribution in [0.1, 0.15) is 70.5 Å². The van der Waals surface area contributed by atoms with Gasteiger partial charge in [0.1, 0.15) is 11.6 Å². The Morgan fingerprint density at radius 3 is 2.52 bits per heavy atom. The molecule has 6 nitrogen and oxygen atoms in total. The SMILES string of the molecule is CCC(C)c1nc(C)c(Cc2cc(C)ccc2C)c(N2CCN(C(=O)c3ccco3)CC2)n1. The van der Waals surface area contributed by atoms with Gasteiger partial charge in [0.05, 0.1) is 6.26 Å². The first kappa shape index (κ1) is 23.0. The molecule has 3 heterocycles. The summed E-state index contributed by atoms with van der Waals surface area (Å²) < 4.78 is 5.31. The number of nitrogens with zero attached hydrogens (tertiary/aromatic N) is 4. The Morgan fingerprint density at radius 1 is 1.09 bits per heavy atom. The van der Waals surface area contributed by atoms with Crippen molar-refractivity contribution < 1.29 is 9.21 Å². The first-order chi connectivity index (χ1) is 15.9. The molecule has 4 rings (SSSR count). The number of amides is 1. The summed E-state index contributed by atoms with van der Waals surface area (Å²) in [5.41, 5.74) is 6.08. The molecule has 2 aromatic heterocycles. The van der Waals surface area contributed by atoms with Crippen LogP contribution in [0.3, 0.4) is 0 Å².